The third kappa shape index (κ3) is 5.97. The molecule has 3 amide bonds. The number of ether oxygens (including phenoxy) is 1. The highest BCUT2D eigenvalue weighted by atomic mass is 32.1. The highest BCUT2D eigenvalue weighted by Crippen LogP contribution is 2.41. The van der Waals surface area contributed by atoms with E-state index >= 15 is 0 Å². The molecule has 0 radical (unpaired) electrons. The fourth-order valence-electron chi connectivity index (χ4n) is 3.68. The van der Waals surface area contributed by atoms with Crippen molar-refractivity contribution in [2.45, 2.75) is 78.4 Å². The van der Waals surface area contributed by atoms with E-state index in [-0.39, 0.29) is 28.7 Å². The average molecular weight is 520 g/mol. The molecular formula is C21H28F3N5O5S. The lowest BCUT2D eigenvalue weighted by Gasteiger charge is -2.24. The minimum atomic E-state index is -4.51. The zero-order chi connectivity index (χ0) is 26.5. The Morgan fingerprint density at radius 2 is 1.86 bits per heavy atom. The fourth-order valence-corrected chi connectivity index (χ4v) is 4.98. The number of nitrogens with two attached hydrogens (primary N) is 1. The molecule has 3 N–H and O–H groups in total. The van der Waals surface area contributed by atoms with Crippen molar-refractivity contribution in [3.05, 3.63) is 31.3 Å². The zero-order valence-electron chi connectivity index (χ0n) is 20.0. The maximum absolute atomic E-state index is 13.3. The van der Waals surface area contributed by atoms with Crippen LogP contribution in [0.15, 0.2) is 9.59 Å². The molecule has 3 rings (SSSR count). The number of carbonyl (C=O) groups is 2. The van der Waals surface area contributed by atoms with Gasteiger partial charge < -0.3 is 10.5 Å². The maximum Gasteiger partial charge on any atom is 0.426 e. The number of aromatic nitrogens is 2. The van der Waals surface area contributed by atoms with E-state index in [2.05, 4.69) is 5.43 Å². The molecule has 10 nitrogen and oxygen atoms in total. The summed E-state index contributed by atoms with van der Waals surface area (Å²) in [7, 11) is 0. The molecule has 1 fully saturated rings. The normalized spacial score (nSPS) is 17.9. The minimum Gasteiger partial charge on any atom is -0.443 e. The number of primary amides is 1. The lowest BCUT2D eigenvalue weighted by Crippen LogP contribution is -2.49. The van der Waals surface area contributed by atoms with Crippen molar-refractivity contribution >= 4 is 33.7 Å². The molecule has 1 saturated carbocycles. The number of carbonyl (C=O) groups excluding carboxylic acids is 2. The van der Waals surface area contributed by atoms with Crippen LogP contribution in [0.1, 0.15) is 57.0 Å². The molecule has 0 unspecified atom stereocenters. The predicted molar refractivity (Wildman–Crippen MR) is 123 cm³/mol. The SMILES string of the molecule is Cc1c(CN(NC(=O)OC(C)(C)C)C(N)=O)sc2c1c(=O)n([C@H]1C[C@@H]1C)c(=O)n2CCC(F)(F)F. The van der Waals surface area contributed by atoms with Crippen molar-refractivity contribution in [3.8, 4) is 0 Å². The summed E-state index contributed by atoms with van der Waals surface area (Å²) in [6, 6.07) is -1.40. The Balaban J connectivity index is 2.07. The number of fused-ring (bicyclic) bond motifs is 1. The number of amides is 3. The lowest BCUT2D eigenvalue weighted by atomic mass is 10.2. The number of nitrogens with zero attached hydrogens (tertiary/aromatic N) is 3. The number of halogens is 3. The lowest BCUT2D eigenvalue weighted by molar-refractivity contribution is -0.136. The van der Waals surface area contributed by atoms with E-state index in [1.807, 2.05) is 6.92 Å². The van der Waals surface area contributed by atoms with Crippen molar-refractivity contribution in [3.63, 3.8) is 0 Å². The second-order valence-corrected chi connectivity index (χ2v) is 10.7. The van der Waals surface area contributed by atoms with Crippen molar-refractivity contribution in [2.24, 2.45) is 11.7 Å². The van der Waals surface area contributed by atoms with Crippen LogP contribution in [0.25, 0.3) is 10.2 Å². The number of nitrogens with one attached hydrogen (secondary N) is 1. The summed E-state index contributed by atoms with van der Waals surface area (Å²) in [6.07, 6.45) is -6.12. The van der Waals surface area contributed by atoms with E-state index in [1.165, 1.54) is 0 Å². The first kappa shape index (κ1) is 26.6. The largest absolute Gasteiger partial charge is 0.443 e. The number of urea groups is 1. The smallest absolute Gasteiger partial charge is 0.426 e. The highest BCUT2D eigenvalue weighted by Gasteiger charge is 2.38. The first-order chi connectivity index (χ1) is 16.0. The Kier molecular flexibility index (Phi) is 6.99. The molecule has 14 heteroatoms. The molecule has 2 atom stereocenters. The number of hydrogen-bond acceptors (Lipinski definition) is 6. The van der Waals surface area contributed by atoms with Gasteiger partial charge in [0.25, 0.3) is 5.56 Å². The molecule has 194 valence electrons. The molecule has 1 aliphatic carbocycles. The van der Waals surface area contributed by atoms with Crippen LogP contribution in [0.3, 0.4) is 0 Å². The Labute approximate surface area is 202 Å². The van der Waals surface area contributed by atoms with Crippen LogP contribution >= 0.6 is 11.3 Å². The Bertz CT molecular complexity index is 1270. The van der Waals surface area contributed by atoms with Crippen LogP contribution in [0.4, 0.5) is 22.8 Å². The zero-order valence-corrected chi connectivity index (χ0v) is 20.8. The van der Waals surface area contributed by atoms with Gasteiger partial charge in [0.2, 0.25) is 0 Å². The van der Waals surface area contributed by atoms with Crippen LogP contribution < -0.4 is 22.4 Å². The number of thiophene rings is 1. The van der Waals surface area contributed by atoms with E-state index < -0.39 is 48.1 Å². The quantitative estimate of drug-likeness (QED) is 0.585. The summed E-state index contributed by atoms with van der Waals surface area (Å²) in [5.41, 5.74) is 5.76. The average Bonchev–Trinajstić information content (AvgIpc) is 3.29. The molecule has 2 aromatic heterocycles. The fraction of sp³-hybridized carbons (Fsp3) is 0.619. The summed E-state index contributed by atoms with van der Waals surface area (Å²) in [6.45, 7) is 7.36. The molecular weight excluding hydrogens is 491 g/mol. The van der Waals surface area contributed by atoms with Crippen LogP contribution in [-0.4, -0.2) is 38.0 Å². The predicted octanol–water partition coefficient (Wildman–Crippen LogP) is 3.39. The van der Waals surface area contributed by atoms with Gasteiger partial charge in [-0.3, -0.25) is 13.9 Å². The van der Waals surface area contributed by atoms with Gasteiger partial charge in [0.15, 0.2) is 0 Å². The summed E-state index contributed by atoms with van der Waals surface area (Å²) < 4.78 is 46.0. The number of rotatable bonds is 5. The van der Waals surface area contributed by atoms with E-state index in [0.717, 1.165) is 25.5 Å². The minimum absolute atomic E-state index is 0.0516. The molecule has 1 aliphatic rings. The maximum atomic E-state index is 13.3. The van der Waals surface area contributed by atoms with E-state index in [0.29, 0.717) is 16.9 Å². The number of aryl methyl sites for hydroxylation is 2. The van der Waals surface area contributed by atoms with Crippen molar-refractivity contribution in [2.75, 3.05) is 0 Å². The molecule has 0 aromatic carbocycles. The van der Waals surface area contributed by atoms with Gasteiger partial charge in [-0.1, -0.05) is 6.92 Å². The summed E-state index contributed by atoms with van der Waals surface area (Å²) in [5, 5.41) is 0.874. The number of alkyl halides is 3. The Morgan fingerprint density at radius 1 is 1.26 bits per heavy atom. The van der Waals surface area contributed by atoms with Crippen molar-refractivity contribution < 1.29 is 27.5 Å². The second-order valence-electron chi connectivity index (χ2n) is 9.62. The monoisotopic (exact) mass is 519 g/mol. The van der Waals surface area contributed by atoms with Crippen molar-refractivity contribution in [1.82, 2.24) is 19.6 Å². The van der Waals surface area contributed by atoms with E-state index in [4.69, 9.17) is 10.5 Å². The first-order valence-electron chi connectivity index (χ1n) is 10.9. The van der Waals surface area contributed by atoms with Gasteiger partial charge in [-0.05, 0) is 45.6 Å². The van der Waals surface area contributed by atoms with E-state index in [1.54, 1.807) is 27.7 Å². The van der Waals surface area contributed by atoms with Gasteiger partial charge in [0.1, 0.15) is 10.4 Å². The van der Waals surface area contributed by atoms with Gasteiger partial charge in [-0.15, -0.1) is 11.3 Å². The van der Waals surface area contributed by atoms with Crippen LogP contribution in [-0.2, 0) is 17.8 Å². The van der Waals surface area contributed by atoms with Gasteiger partial charge in [-0.25, -0.2) is 24.8 Å². The molecule has 0 bridgehead atoms. The molecule has 0 saturated heterocycles. The topological polar surface area (TPSA) is 129 Å². The standard InChI is InChI=1S/C21H28F3N5O5S/c1-10-8-12(10)29-15(30)14-11(2)13(9-28(17(25)31)26-18(32)34-20(3,4)5)35-16(14)27(19(29)33)7-6-21(22,23)24/h10,12H,6-9H2,1-5H3,(H2,25,31)(H,26,32)/t10-,12-/m0/s1. The molecule has 2 heterocycles. The van der Waals surface area contributed by atoms with Gasteiger partial charge in [0.05, 0.1) is 18.4 Å². The number of hydrazine groups is 1. The van der Waals surface area contributed by atoms with Crippen LogP contribution in [0.2, 0.25) is 0 Å². The van der Waals surface area contributed by atoms with Crippen molar-refractivity contribution in [1.29, 1.82) is 0 Å². The van der Waals surface area contributed by atoms with Gasteiger partial charge in [-0.2, -0.15) is 13.2 Å². The molecule has 0 spiro atoms. The summed E-state index contributed by atoms with van der Waals surface area (Å²) >= 11 is 0.898. The summed E-state index contributed by atoms with van der Waals surface area (Å²) in [5.74, 6) is 0.0516. The Hall–Kier alpha value is -3.03. The summed E-state index contributed by atoms with van der Waals surface area (Å²) in [4.78, 5) is 50.9. The van der Waals surface area contributed by atoms with Gasteiger partial charge >= 0.3 is 24.0 Å². The number of hydrogen-bond donors (Lipinski definition) is 2. The highest BCUT2D eigenvalue weighted by molar-refractivity contribution is 7.18. The van der Waals surface area contributed by atoms with Crippen LogP contribution in [0.5, 0.6) is 0 Å². The third-order valence-corrected chi connectivity index (χ3v) is 6.85. The van der Waals surface area contributed by atoms with Crippen LogP contribution in [0, 0.1) is 12.8 Å². The van der Waals surface area contributed by atoms with Gasteiger partial charge in [0, 0.05) is 17.5 Å². The molecule has 2 aromatic rings. The Morgan fingerprint density at radius 3 is 2.34 bits per heavy atom. The molecule has 0 aliphatic heterocycles. The third-order valence-electron chi connectivity index (χ3n) is 5.55. The van der Waals surface area contributed by atoms with E-state index in [9.17, 15) is 32.3 Å². The molecule has 35 heavy (non-hydrogen) atoms. The second kappa shape index (κ2) is 9.21. The first-order valence-corrected chi connectivity index (χ1v) is 11.7.